The monoisotopic (exact) mass is 481 g/mol. The van der Waals surface area contributed by atoms with Crippen molar-refractivity contribution in [1.29, 1.82) is 0 Å². The Morgan fingerprint density at radius 2 is 2.18 bits per heavy atom. The van der Waals surface area contributed by atoms with Gasteiger partial charge in [0.1, 0.15) is 10.9 Å². The van der Waals surface area contributed by atoms with Crippen LogP contribution in [0.3, 0.4) is 0 Å². The number of aromatic nitrogens is 2. The summed E-state index contributed by atoms with van der Waals surface area (Å²) in [7, 11) is 0. The van der Waals surface area contributed by atoms with Crippen molar-refractivity contribution in [3.63, 3.8) is 0 Å². The average Bonchev–Trinajstić information content (AvgIpc) is 3.44. The van der Waals surface area contributed by atoms with E-state index in [1.165, 1.54) is 4.88 Å². The average molecular weight is 482 g/mol. The molecule has 2 aromatic rings. The highest BCUT2D eigenvalue weighted by molar-refractivity contribution is 8.13. The van der Waals surface area contributed by atoms with Crippen LogP contribution in [0.1, 0.15) is 41.8 Å². The molecule has 4 rings (SSSR count). The quantitative estimate of drug-likeness (QED) is 0.339. The predicted octanol–water partition coefficient (Wildman–Crippen LogP) is 5.54. The summed E-state index contributed by atoms with van der Waals surface area (Å²) >= 11 is 3.33. The number of aliphatic imine (C=N–C) groups is 1. The Kier molecular flexibility index (Phi) is 8.36. The van der Waals surface area contributed by atoms with Crippen molar-refractivity contribution in [2.45, 2.75) is 45.2 Å². The molecule has 0 saturated heterocycles. The molecule has 2 unspecified atom stereocenters. The second-order valence-electron chi connectivity index (χ2n) is 8.29. The van der Waals surface area contributed by atoms with Crippen LogP contribution in [0, 0.1) is 12.8 Å². The van der Waals surface area contributed by atoms with Crippen molar-refractivity contribution in [3.05, 3.63) is 69.7 Å². The number of rotatable bonds is 8. The van der Waals surface area contributed by atoms with Gasteiger partial charge in [-0.05, 0) is 55.9 Å². The molecular weight excluding hydrogens is 450 g/mol. The smallest absolute Gasteiger partial charge is 0.225 e. The SMILES string of the molecule is CSC(=NC1=CC=CC=CC1)c1c(C)nc(NCc2cccs2)nc1NC1CCC(CO)C1. The normalized spacial score (nSPS) is 20.6. The van der Waals surface area contributed by atoms with Crippen molar-refractivity contribution >= 4 is 39.9 Å². The molecule has 0 spiro atoms. The molecule has 1 fully saturated rings. The minimum atomic E-state index is 0.244. The molecule has 2 atom stereocenters. The first-order valence-corrected chi connectivity index (χ1v) is 13.4. The lowest BCUT2D eigenvalue weighted by Crippen LogP contribution is -2.21. The summed E-state index contributed by atoms with van der Waals surface area (Å²) in [6, 6.07) is 4.44. The number of anilines is 2. The van der Waals surface area contributed by atoms with Crippen LogP contribution < -0.4 is 10.6 Å². The second kappa shape index (κ2) is 11.6. The van der Waals surface area contributed by atoms with Crippen LogP contribution in [-0.4, -0.2) is 39.0 Å². The summed E-state index contributed by atoms with van der Waals surface area (Å²) in [4.78, 5) is 15.9. The minimum Gasteiger partial charge on any atom is -0.396 e. The molecular formula is C25H31N5OS2. The molecule has 6 nitrogen and oxygen atoms in total. The van der Waals surface area contributed by atoms with Gasteiger partial charge in [0.25, 0.3) is 0 Å². The number of aryl methyl sites for hydroxylation is 1. The van der Waals surface area contributed by atoms with Gasteiger partial charge in [-0.15, -0.1) is 23.1 Å². The lowest BCUT2D eigenvalue weighted by molar-refractivity contribution is 0.229. The summed E-state index contributed by atoms with van der Waals surface area (Å²) in [6.07, 6.45) is 16.1. The van der Waals surface area contributed by atoms with Crippen LogP contribution >= 0.6 is 23.1 Å². The van der Waals surface area contributed by atoms with E-state index in [2.05, 4.69) is 40.3 Å². The van der Waals surface area contributed by atoms with Crippen LogP contribution in [0.4, 0.5) is 11.8 Å². The van der Waals surface area contributed by atoms with Gasteiger partial charge in [0.15, 0.2) is 0 Å². The first-order valence-electron chi connectivity index (χ1n) is 11.3. The van der Waals surface area contributed by atoms with E-state index >= 15 is 0 Å². The van der Waals surface area contributed by atoms with Gasteiger partial charge in [-0.25, -0.2) is 9.98 Å². The van der Waals surface area contributed by atoms with Gasteiger partial charge in [-0.1, -0.05) is 30.4 Å². The maximum atomic E-state index is 9.58. The van der Waals surface area contributed by atoms with E-state index in [1.54, 1.807) is 23.1 Å². The Hall–Kier alpha value is -2.42. The van der Waals surface area contributed by atoms with Crippen LogP contribution in [-0.2, 0) is 6.54 Å². The van der Waals surface area contributed by atoms with Crippen LogP contribution in [0.15, 0.2) is 58.6 Å². The number of aliphatic hydroxyl groups is 1. The summed E-state index contributed by atoms with van der Waals surface area (Å²) in [5, 5.41) is 19.6. The minimum absolute atomic E-state index is 0.244. The topological polar surface area (TPSA) is 82.4 Å². The molecule has 2 aliphatic carbocycles. The number of allylic oxidation sites excluding steroid dienone is 5. The van der Waals surface area contributed by atoms with Crippen LogP contribution in [0.5, 0.6) is 0 Å². The third-order valence-corrected chi connectivity index (χ3v) is 7.42. The standard InChI is InChI=1S/C25H31N5OS2/c1-17-22(24(32-2)29-19-8-5-3-4-6-9-19)23(28-20-12-11-18(14-20)16-31)30-25(27-17)26-15-21-10-7-13-33-21/h3-8,10,13,18,20,31H,9,11-12,14-16H2,1-2H3,(H2,26,27,28,30). The number of hydrogen-bond acceptors (Lipinski definition) is 8. The lowest BCUT2D eigenvalue weighted by atomic mass is 10.1. The fraction of sp³-hybridized carbons (Fsp3) is 0.400. The van der Waals surface area contributed by atoms with E-state index in [0.29, 0.717) is 18.4 Å². The molecule has 33 heavy (non-hydrogen) atoms. The van der Waals surface area contributed by atoms with Crippen molar-refractivity contribution in [1.82, 2.24) is 9.97 Å². The molecule has 0 aliphatic heterocycles. The highest BCUT2D eigenvalue weighted by Gasteiger charge is 2.26. The van der Waals surface area contributed by atoms with Gasteiger partial charge < -0.3 is 15.7 Å². The molecule has 2 aromatic heterocycles. The van der Waals surface area contributed by atoms with E-state index in [-0.39, 0.29) is 12.6 Å². The summed E-state index contributed by atoms with van der Waals surface area (Å²) in [5.41, 5.74) is 2.86. The van der Waals surface area contributed by atoms with E-state index < -0.39 is 0 Å². The Labute approximate surface area is 204 Å². The molecule has 0 aromatic carbocycles. The molecule has 0 bridgehead atoms. The lowest BCUT2D eigenvalue weighted by Gasteiger charge is -2.20. The number of thioether (sulfide) groups is 1. The Bertz CT molecular complexity index is 1060. The van der Waals surface area contributed by atoms with E-state index in [1.807, 2.05) is 31.4 Å². The zero-order valence-electron chi connectivity index (χ0n) is 19.1. The van der Waals surface area contributed by atoms with Crippen molar-refractivity contribution in [2.24, 2.45) is 10.9 Å². The van der Waals surface area contributed by atoms with E-state index in [9.17, 15) is 5.11 Å². The predicted molar refractivity (Wildman–Crippen MR) is 141 cm³/mol. The van der Waals surface area contributed by atoms with Gasteiger partial charge in [-0.3, -0.25) is 0 Å². The van der Waals surface area contributed by atoms with Gasteiger partial charge in [-0.2, -0.15) is 4.98 Å². The largest absolute Gasteiger partial charge is 0.396 e. The van der Waals surface area contributed by atoms with Gasteiger partial charge in [0.2, 0.25) is 5.95 Å². The van der Waals surface area contributed by atoms with Crippen LogP contribution in [0.25, 0.3) is 0 Å². The molecule has 1 saturated carbocycles. The van der Waals surface area contributed by atoms with Crippen molar-refractivity contribution in [2.75, 3.05) is 23.5 Å². The highest BCUT2D eigenvalue weighted by atomic mass is 32.2. The zero-order chi connectivity index (χ0) is 23.0. The van der Waals surface area contributed by atoms with Gasteiger partial charge >= 0.3 is 0 Å². The second-order valence-corrected chi connectivity index (χ2v) is 10.1. The summed E-state index contributed by atoms with van der Waals surface area (Å²) in [6.45, 7) is 2.96. The van der Waals surface area contributed by atoms with Gasteiger partial charge in [0, 0.05) is 29.6 Å². The molecule has 0 radical (unpaired) electrons. The van der Waals surface area contributed by atoms with E-state index in [0.717, 1.165) is 53.5 Å². The number of aliphatic hydroxyl groups excluding tert-OH is 1. The van der Waals surface area contributed by atoms with Crippen LogP contribution in [0.2, 0.25) is 0 Å². The Balaban J connectivity index is 1.66. The number of hydrogen-bond donors (Lipinski definition) is 3. The molecule has 8 heteroatoms. The van der Waals surface area contributed by atoms with Crippen molar-refractivity contribution < 1.29 is 5.11 Å². The number of thiophene rings is 1. The van der Waals surface area contributed by atoms with Gasteiger partial charge in [0.05, 0.1) is 17.8 Å². The fourth-order valence-corrected chi connectivity index (χ4v) is 5.44. The van der Waals surface area contributed by atoms with E-state index in [4.69, 9.17) is 15.0 Å². The first-order chi connectivity index (χ1) is 16.2. The number of nitrogens with one attached hydrogen (secondary N) is 2. The molecule has 174 valence electrons. The summed E-state index contributed by atoms with van der Waals surface area (Å²) in [5.74, 6) is 1.78. The maximum Gasteiger partial charge on any atom is 0.225 e. The fourth-order valence-electron chi connectivity index (χ4n) is 4.14. The Morgan fingerprint density at radius 3 is 2.94 bits per heavy atom. The maximum absolute atomic E-state index is 9.58. The third kappa shape index (κ3) is 6.34. The molecule has 2 aliphatic rings. The molecule has 2 heterocycles. The molecule has 3 N–H and O–H groups in total. The first kappa shape index (κ1) is 23.7. The zero-order valence-corrected chi connectivity index (χ0v) is 20.8. The molecule has 0 amide bonds. The number of nitrogens with zero attached hydrogens (tertiary/aromatic N) is 3. The van der Waals surface area contributed by atoms with Crippen molar-refractivity contribution in [3.8, 4) is 0 Å². The third-order valence-electron chi connectivity index (χ3n) is 5.86. The highest BCUT2D eigenvalue weighted by Crippen LogP contribution is 2.31. The summed E-state index contributed by atoms with van der Waals surface area (Å²) < 4.78 is 0. The Morgan fingerprint density at radius 1 is 1.27 bits per heavy atom.